The van der Waals surface area contributed by atoms with Gasteiger partial charge in [0.25, 0.3) is 0 Å². The summed E-state index contributed by atoms with van der Waals surface area (Å²) in [7, 11) is 0. The lowest BCUT2D eigenvalue weighted by molar-refractivity contribution is -0.131. The molecule has 0 radical (unpaired) electrons. The summed E-state index contributed by atoms with van der Waals surface area (Å²) in [6, 6.07) is 0.430. The molecule has 0 bridgehead atoms. The Hall–Kier alpha value is -0.940. The van der Waals surface area contributed by atoms with Crippen LogP contribution in [0, 0.1) is 0 Å². The molecule has 0 unspecified atom stereocenters. The summed E-state index contributed by atoms with van der Waals surface area (Å²) in [6.07, 6.45) is 6.40. The van der Waals surface area contributed by atoms with Gasteiger partial charge in [0.05, 0.1) is 17.1 Å². The van der Waals surface area contributed by atoms with Crippen LogP contribution in [0.1, 0.15) is 43.3 Å². The van der Waals surface area contributed by atoms with Crippen molar-refractivity contribution in [1.29, 1.82) is 0 Å². The third-order valence-electron chi connectivity index (χ3n) is 4.60. The number of thiazole rings is 1. The van der Waals surface area contributed by atoms with E-state index in [0.29, 0.717) is 12.5 Å². The quantitative estimate of drug-likeness (QED) is 0.838. The average Bonchev–Trinajstić information content (AvgIpc) is 3.20. The first kappa shape index (κ1) is 15.0. The van der Waals surface area contributed by atoms with Crippen molar-refractivity contribution < 1.29 is 4.79 Å². The highest BCUT2D eigenvalue weighted by Crippen LogP contribution is 2.22. The van der Waals surface area contributed by atoms with Gasteiger partial charge in [0.15, 0.2) is 0 Å². The Morgan fingerprint density at radius 1 is 1.33 bits per heavy atom. The molecular formula is C16H25N3OS. The van der Waals surface area contributed by atoms with E-state index in [1.165, 1.54) is 32.4 Å². The van der Waals surface area contributed by atoms with Crippen molar-refractivity contribution in [3.63, 3.8) is 0 Å². The number of rotatable bonds is 5. The van der Waals surface area contributed by atoms with Crippen LogP contribution < -0.4 is 0 Å². The minimum absolute atomic E-state index is 0.268. The fraction of sp³-hybridized carbons (Fsp3) is 0.750. The van der Waals surface area contributed by atoms with Gasteiger partial charge in [0.1, 0.15) is 0 Å². The highest BCUT2D eigenvalue weighted by molar-refractivity contribution is 7.09. The van der Waals surface area contributed by atoms with E-state index in [2.05, 4.69) is 21.7 Å². The van der Waals surface area contributed by atoms with Crippen LogP contribution in [0.2, 0.25) is 0 Å². The van der Waals surface area contributed by atoms with Crippen molar-refractivity contribution in [3.8, 4) is 0 Å². The zero-order valence-corrected chi connectivity index (χ0v) is 13.7. The van der Waals surface area contributed by atoms with E-state index >= 15 is 0 Å². The van der Waals surface area contributed by atoms with Gasteiger partial charge in [-0.1, -0.05) is 6.92 Å². The molecule has 2 saturated heterocycles. The van der Waals surface area contributed by atoms with Crippen molar-refractivity contribution in [3.05, 3.63) is 16.1 Å². The Bertz CT molecular complexity index is 482. The molecule has 2 aliphatic rings. The predicted molar refractivity (Wildman–Crippen MR) is 85.6 cm³/mol. The van der Waals surface area contributed by atoms with Crippen molar-refractivity contribution in [1.82, 2.24) is 14.8 Å². The molecule has 3 rings (SSSR count). The Morgan fingerprint density at radius 2 is 2.14 bits per heavy atom. The van der Waals surface area contributed by atoms with Crippen LogP contribution >= 0.6 is 11.3 Å². The lowest BCUT2D eigenvalue weighted by atomic mass is 10.2. The van der Waals surface area contributed by atoms with Gasteiger partial charge >= 0.3 is 0 Å². The van der Waals surface area contributed by atoms with Crippen LogP contribution in [0.5, 0.6) is 0 Å². The molecule has 0 N–H and O–H groups in total. The Morgan fingerprint density at radius 3 is 2.86 bits per heavy atom. The highest BCUT2D eigenvalue weighted by Gasteiger charge is 2.30. The molecule has 4 nitrogen and oxygen atoms in total. The number of amides is 1. The summed E-state index contributed by atoms with van der Waals surface area (Å²) in [6.45, 7) is 6.54. The summed E-state index contributed by atoms with van der Waals surface area (Å²) < 4.78 is 0. The number of nitrogens with zero attached hydrogens (tertiary/aromatic N) is 3. The molecule has 1 amide bonds. The molecule has 0 aromatic carbocycles. The normalized spacial score (nSPS) is 23.1. The number of hydrogen-bond donors (Lipinski definition) is 0. The molecule has 0 aliphatic carbocycles. The zero-order chi connectivity index (χ0) is 14.7. The number of carbonyl (C=O) groups excluding carboxylic acids is 1. The number of aryl methyl sites for hydroxylation is 1. The van der Waals surface area contributed by atoms with Gasteiger partial charge in [-0.2, -0.15) is 0 Å². The lowest BCUT2D eigenvalue weighted by Gasteiger charge is -2.28. The fourth-order valence-corrected chi connectivity index (χ4v) is 4.21. The molecule has 0 saturated carbocycles. The molecule has 1 atom stereocenters. The maximum absolute atomic E-state index is 12.6. The van der Waals surface area contributed by atoms with E-state index in [9.17, 15) is 4.79 Å². The second-order valence-electron chi connectivity index (χ2n) is 6.15. The molecule has 0 spiro atoms. The first-order chi connectivity index (χ1) is 10.3. The summed E-state index contributed by atoms with van der Waals surface area (Å²) in [5, 5.41) is 3.18. The average molecular weight is 307 g/mol. The number of carbonyl (C=O) groups is 1. The van der Waals surface area contributed by atoms with Crippen molar-refractivity contribution in [2.75, 3.05) is 26.2 Å². The fourth-order valence-electron chi connectivity index (χ4n) is 3.47. The summed E-state index contributed by atoms with van der Waals surface area (Å²) >= 11 is 1.67. The van der Waals surface area contributed by atoms with Gasteiger partial charge < -0.3 is 9.80 Å². The van der Waals surface area contributed by atoms with Gasteiger partial charge in [0.2, 0.25) is 5.91 Å². The summed E-state index contributed by atoms with van der Waals surface area (Å²) in [5.41, 5.74) is 0.952. The van der Waals surface area contributed by atoms with E-state index in [-0.39, 0.29) is 5.91 Å². The molecule has 2 aliphatic heterocycles. The first-order valence-electron chi connectivity index (χ1n) is 8.21. The van der Waals surface area contributed by atoms with E-state index in [1.807, 2.05) is 5.38 Å². The summed E-state index contributed by atoms with van der Waals surface area (Å²) in [4.78, 5) is 21.7. The lowest BCUT2D eigenvalue weighted by Crippen LogP contribution is -2.43. The van der Waals surface area contributed by atoms with Crippen LogP contribution in [0.3, 0.4) is 0 Å². The van der Waals surface area contributed by atoms with Gasteiger partial charge in [0, 0.05) is 24.5 Å². The number of aromatic nitrogens is 1. The molecule has 21 heavy (non-hydrogen) atoms. The molecule has 1 aromatic heterocycles. The van der Waals surface area contributed by atoms with Gasteiger partial charge in [-0.3, -0.25) is 4.79 Å². The third kappa shape index (κ3) is 3.64. The highest BCUT2D eigenvalue weighted by atomic mass is 32.1. The van der Waals surface area contributed by atoms with Crippen molar-refractivity contribution >= 4 is 17.2 Å². The van der Waals surface area contributed by atoms with Crippen molar-refractivity contribution in [2.24, 2.45) is 0 Å². The first-order valence-corrected chi connectivity index (χ1v) is 9.09. The second kappa shape index (κ2) is 6.88. The minimum Gasteiger partial charge on any atom is -0.338 e. The SMILES string of the molecule is CCc1nc(CC(=O)N2CCC[C@H]2CN2CCCC2)cs1. The summed E-state index contributed by atoms with van der Waals surface area (Å²) in [5.74, 6) is 0.268. The van der Waals surface area contributed by atoms with Crippen LogP contribution in [0.25, 0.3) is 0 Å². The van der Waals surface area contributed by atoms with Crippen LogP contribution in [0.4, 0.5) is 0 Å². The number of likely N-dealkylation sites (tertiary alicyclic amines) is 2. The third-order valence-corrected chi connectivity index (χ3v) is 5.64. The molecule has 116 valence electrons. The topological polar surface area (TPSA) is 36.4 Å². The molecular weight excluding hydrogens is 282 g/mol. The Labute approximate surface area is 131 Å². The maximum atomic E-state index is 12.6. The second-order valence-corrected chi connectivity index (χ2v) is 7.10. The Kier molecular flexibility index (Phi) is 4.91. The van der Waals surface area contributed by atoms with Crippen LogP contribution in [-0.2, 0) is 17.6 Å². The van der Waals surface area contributed by atoms with Gasteiger partial charge in [-0.25, -0.2) is 4.98 Å². The van der Waals surface area contributed by atoms with E-state index < -0.39 is 0 Å². The molecule has 1 aromatic rings. The van der Waals surface area contributed by atoms with Crippen LogP contribution in [0.15, 0.2) is 5.38 Å². The van der Waals surface area contributed by atoms with Gasteiger partial charge in [-0.15, -0.1) is 11.3 Å². The molecule has 2 fully saturated rings. The monoisotopic (exact) mass is 307 g/mol. The van der Waals surface area contributed by atoms with E-state index in [0.717, 1.165) is 36.6 Å². The maximum Gasteiger partial charge on any atom is 0.228 e. The zero-order valence-electron chi connectivity index (χ0n) is 12.9. The van der Waals surface area contributed by atoms with E-state index in [4.69, 9.17) is 0 Å². The standard InChI is InChI=1S/C16H25N3OS/c1-2-15-17-13(12-21-15)10-16(20)19-9-5-6-14(19)11-18-7-3-4-8-18/h12,14H,2-11H2,1H3/t14-/m0/s1. The minimum atomic E-state index is 0.268. The predicted octanol–water partition coefficient (Wildman–Crippen LogP) is 2.33. The largest absolute Gasteiger partial charge is 0.338 e. The Balaban J connectivity index is 1.57. The number of hydrogen-bond acceptors (Lipinski definition) is 4. The molecule has 5 heteroatoms. The smallest absolute Gasteiger partial charge is 0.228 e. The van der Waals surface area contributed by atoms with Crippen LogP contribution in [-0.4, -0.2) is 52.9 Å². The van der Waals surface area contributed by atoms with Crippen molar-refractivity contribution in [2.45, 2.75) is 51.5 Å². The molecule has 3 heterocycles. The van der Waals surface area contributed by atoms with Gasteiger partial charge in [-0.05, 0) is 45.2 Å². The van der Waals surface area contributed by atoms with E-state index in [1.54, 1.807) is 11.3 Å².